The van der Waals surface area contributed by atoms with E-state index in [0.29, 0.717) is 11.1 Å². The maximum absolute atomic E-state index is 11.2. The van der Waals surface area contributed by atoms with Gasteiger partial charge in [0.2, 0.25) is 0 Å². The maximum Gasteiger partial charge on any atom is 0.252 e. The van der Waals surface area contributed by atoms with Gasteiger partial charge in [-0.2, -0.15) is 5.26 Å². The molecule has 0 bridgehead atoms. The van der Waals surface area contributed by atoms with E-state index in [2.05, 4.69) is 6.07 Å². The number of nitriles is 1. The van der Waals surface area contributed by atoms with Gasteiger partial charge in [-0.3, -0.25) is 4.79 Å². The van der Waals surface area contributed by atoms with E-state index in [1.807, 2.05) is 31.2 Å². The summed E-state index contributed by atoms with van der Waals surface area (Å²) in [7, 11) is 0. The Labute approximate surface area is 110 Å². The van der Waals surface area contributed by atoms with Crippen molar-refractivity contribution in [2.75, 3.05) is 0 Å². The van der Waals surface area contributed by atoms with Crippen LogP contribution in [0.2, 0.25) is 0 Å². The van der Waals surface area contributed by atoms with E-state index >= 15 is 0 Å². The number of carbonyl (C=O) groups is 1. The van der Waals surface area contributed by atoms with Crippen LogP contribution in [0.1, 0.15) is 21.5 Å². The van der Waals surface area contributed by atoms with Crippen LogP contribution in [0.4, 0.5) is 0 Å². The van der Waals surface area contributed by atoms with Gasteiger partial charge in [0.25, 0.3) is 5.24 Å². The van der Waals surface area contributed by atoms with Crippen LogP contribution in [-0.2, 0) is 0 Å². The number of halogens is 1. The fraction of sp³-hybridized carbons (Fsp3) is 0.0667. The lowest BCUT2D eigenvalue weighted by molar-refractivity contribution is 0.108. The first-order chi connectivity index (χ1) is 8.63. The molecule has 0 saturated heterocycles. The molecule has 0 aliphatic heterocycles. The maximum atomic E-state index is 11.2. The van der Waals surface area contributed by atoms with Crippen molar-refractivity contribution < 1.29 is 4.79 Å². The van der Waals surface area contributed by atoms with Crippen LogP contribution in [0, 0.1) is 18.3 Å². The zero-order valence-corrected chi connectivity index (χ0v) is 10.5. The topological polar surface area (TPSA) is 40.9 Å². The van der Waals surface area contributed by atoms with Gasteiger partial charge < -0.3 is 0 Å². The van der Waals surface area contributed by atoms with E-state index in [9.17, 15) is 4.79 Å². The van der Waals surface area contributed by atoms with Crippen LogP contribution in [0.15, 0.2) is 42.5 Å². The molecular formula is C15H10ClNO. The molecule has 2 aromatic carbocycles. The van der Waals surface area contributed by atoms with E-state index in [-0.39, 0.29) is 0 Å². The average molecular weight is 256 g/mol. The monoisotopic (exact) mass is 255 g/mol. The van der Waals surface area contributed by atoms with Gasteiger partial charge in [0, 0.05) is 5.56 Å². The molecule has 0 atom stereocenters. The lowest BCUT2D eigenvalue weighted by atomic mass is 9.97. The molecule has 3 heteroatoms. The first kappa shape index (κ1) is 12.3. The highest BCUT2D eigenvalue weighted by molar-refractivity contribution is 6.67. The summed E-state index contributed by atoms with van der Waals surface area (Å²) in [6.07, 6.45) is 0. The number of rotatable bonds is 2. The van der Waals surface area contributed by atoms with Gasteiger partial charge in [0.15, 0.2) is 0 Å². The summed E-state index contributed by atoms with van der Waals surface area (Å²) >= 11 is 5.47. The molecule has 0 N–H and O–H groups in total. The quantitative estimate of drug-likeness (QED) is 0.764. The Morgan fingerprint density at radius 1 is 1.22 bits per heavy atom. The van der Waals surface area contributed by atoms with Crippen molar-refractivity contribution in [2.45, 2.75) is 6.92 Å². The molecule has 0 aliphatic rings. The van der Waals surface area contributed by atoms with Crippen LogP contribution in [0.3, 0.4) is 0 Å². The second-order valence-corrected chi connectivity index (χ2v) is 4.30. The number of benzene rings is 2. The predicted octanol–water partition coefficient (Wildman–Crippen LogP) is 3.91. The smallest absolute Gasteiger partial charge is 0.252 e. The third-order valence-corrected chi connectivity index (χ3v) is 3.00. The van der Waals surface area contributed by atoms with Crippen molar-refractivity contribution in [2.24, 2.45) is 0 Å². The van der Waals surface area contributed by atoms with Crippen LogP contribution < -0.4 is 0 Å². The van der Waals surface area contributed by atoms with E-state index in [1.54, 1.807) is 18.2 Å². The van der Waals surface area contributed by atoms with E-state index in [4.69, 9.17) is 16.9 Å². The van der Waals surface area contributed by atoms with Crippen LogP contribution in [0.25, 0.3) is 11.1 Å². The fourth-order valence-corrected chi connectivity index (χ4v) is 2.10. The molecule has 0 saturated carbocycles. The van der Waals surface area contributed by atoms with Crippen molar-refractivity contribution in [1.29, 1.82) is 5.26 Å². The summed E-state index contributed by atoms with van der Waals surface area (Å²) in [5.41, 5.74) is 3.68. The van der Waals surface area contributed by atoms with Crippen molar-refractivity contribution in [3.8, 4) is 17.2 Å². The van der Waals surface area contributed by atoms with E-state index < -0.39 is 5.24 Å². The van der Waals surface area contributed by atoms with Gasteiger partial charge in [-0.05, 0) is 47.3 Å². The largest absolute Gasteiger partial charge is 0.276 e. The number of hydrogen-bond acceptors (Lipinski definition) is 2. The van der Waals surface area contributed by atoms with Crippen molar-refractivity contribution >= 4 is 16.8 Å². The molecule has 0 spiro atoms. The Morgan fingerprint density at radius 2 is 1.94 bits per heavy atom. The highest BCUT2D eigenvalue weighted by Gasteiger charge is 2.09. The highest BCUT2D eigenvalue weighted by Crippen LogP contribution is 2.25. The summed E-state index contributed by atoms with van der Waals surface area (Å²) in [4.78, 5) is 11.2. The number of carbonyl (C=O) groups excluding carboxylic acids is 1. The van der Waals surface area contributed by atoms with Gasteiger partial charge in [0.05, 0.1) is 11.6 Å². The SMILES string of the molecule is Cc1cc(-c2ccccc2C#N)ccc1C(=O)Cl. The summed E-state index contributed by atoms with van der Waals surface area (Å²) in [6.45, 7) is 1.83. The summed E-state index contributed by atoms with van der Waals surface area (Å²) < 4.78 is 0. The zero-order chi connectivity index (χ0) is 13.1. The van der Waals surface area contributed by atoms with Gasteiger partial charge >= 0.3 is 0 Å². The second-order valence-electron chi connectivity index (χ2n) is 3.96. The van der Waals surface area contributed by atoms with Gasteiger partial charge in [-0.1, -0.05) is 30.3 Å². The normalized spacial score (nSPS) is 9.83. The lowest BCUT2D eigenvalue weighted by Crippen LogP contribution is -1.94. The standard InChI is InChI=1S/C15H10ClNO/c1-10-8-11(6-7-13(10)15(16)18)14-5-3-2-4-12(14)9-17/h2-8H,1H3. The van der Waals surface area contributed by atoms with Crippen molar-refractivity contribution in [3.63, 3.8) is 0 Å². The molecule has 88 valence electrons. The molecule has 2 aromatic rings. The Hall–Kier alpha value is -2.11. The summed E-state index contributed by atoms with van der Waals surface area (Å²) in [5, 5.41) is 8.60. The Kier molecular flexibility index (Phi) is 3.45. The first-order valence-electron chi connectivity index (χ1n) is 5.43. The van der Waals surface area contributed by atoms with Crippen LogP contribution >= 0.6 is 11.6 Å². The Bertz CT molecular complexity index is 656. The van der Waals surface area contributed by atoms with E-state index in [1.165, 1.54) is 0 Å². The molecule has 2 nitrogen and oxygen atoms in total. The van der Waals surface area contributed by atoms with Gasteiger partial charge in [-0.15, -0.1) is 0 Å². The van der Waals surface area contributed by atoms with Crippen molar-refractivity contribution in [1.82, 2.24) is 0 Å². The lowest BCUT2D eigenvalue weighted by Gasteiger charge is -2.07. The molecule has 0 aliphatic carbocycles. The average Bonchev–Trinajstić information content (AvgIpc) is 2.38. The minimum atomic E-state index is -0.465. The minimum absolute atomic E-state index is 0.465. The van der Waals surface area contributed by atoms with Crippen molar-refractivity contribution in [3.05, 3.63) is 59.2 Å². The molecule has 0 heterocycles. The Morgan fingerprint density at radius 3 is 2.56 bits per heavy atom. The molecule has 0 amide bonds. The number of hydrogen-bond donors (Lipinski definition) is 0. The third kappa shape index (κ3) is 2.27. The second kappa shape index (κ2) is 5.03. The molecule has 0 aromatic heterocycles. The molecule has 0 unspecified atom stereocenters. The molecule has 18 heavy (non-hydrogen) atoms. The van der Waals surface area contributed by atoms with Gasteiger partial charge in [0.1, 0.15) is 0 Å². The predicted molar refractivity (Wildman–Crippen MR) is 71.5 cm³/mol. The highest BCUT2D eigenvalue weighted by atomic mass is 35.5. The Balaban J connectivity index is 2.57. The molecular weight excluding hydrogens is 246 g/mol. The summed E-state index contributed by atoms with van der Waals surface area (Å²) in [6, 6.07) is 14.9. The fourth-order valence-electron chi connectivity index (χ4n) is 1.88. The van der Waals surface area contributed by atoms with Gasteiger partial charge in [-0.25, -0.2) is 0 Å². The number of nitrogens with zero attached hydrogens (tertiary/aromatic N) is 1. The molecule has 0 fully saturated rings. The van der Waals surface area contributed by atoms with E-state index in [0.717, 1.165) is 16.7 Å². The zero-order valence-electron chi connectivity index (χ0n) is 9.77. The molecule has 2 rings (SSSR count). The minimum Gasteiger partial charge on any atom is -0.276 e. The third-order valence-electron chi connectivity index (χ3n) is 2.80. The molecule has 0 radical (unpaired) electrons. The van der Waals surface area contributed by atoms with Crippen LogP contribution in [0.5, 0.6) is 0 Å². The number of aryl methyl sites for hydroxylation is 1. The summed E-state index contributed by atoms with van der Waals surface area (Å²) in [5.74, 6) is 0. The first-order valence-corrected chi connectivity index (χ1v) is 5.81. The van der Waals surface area contributed by atoms with Crippen LogP contribution in [-0.4, -0.2) is 5.24 Å².